The van der Waals surface area contributed by atoms with Crippen molar-refractivity contribution in [2.45, 2.75) is 77.0 Å². The maximum Gasteiger partial charge on any atom is 0.243 e. The molecule has 0 radical (unpaired) electrons. The highest BCUT2D eigenvalue weighted by molar-refractivity contribution is 5.93. The molecule has 1 aliphatic heterocycles. The number of nitrogens with zero attached hydrogens (tertiary/aromatic N) is 1. The van der Waals surface area contributed by atoms with Crippen LogP contribution in [0, 0.1) is 0 Å². The summed E-state index contributed by atoms with van der Waals surface area (Å²) in [6, 6.07) is -1.81. The van der Waals surface area contributed by atoms with Crippen LogP contribution in [-0.2, 0) is 14.4 Å². The van der Waals surface area contributed by atoms with E-state index < -0.39 is 18.1 Å². The molecular weight excluding hydrogens is 322 g/mol. The van der Waals surface area contributed by atoms with E-state index in [9.17, 15) is 14.4 Å². The molecule has 3 amide bonds. The summed E-state index contributed by atoms with van der Waals surface area (Å²) in [6.07, 6.45) is 3.53. The molecule has 0 bridgehead atoms. The van der Waals surface area contributed by atoms with Gasteiger partial charge in [-0.25, -0.2) is 0 Å². The summed E-state index contributed by atoms with van der Waals surface area (Å²) < 4.78 is 0. The summed E-state index contributed by atoms with van der Waals surface area (Å²) in [6.45, 7) is 6.45. The number of hydrogen-bond acceptors (Lipinski definition) is 5. The van der Waals surface area contributed by atoms with Gasteiger partial charge < -0.3 is 27.0 Å². The maximum absolute atomic E-state index is 12.5. The van der Waals surface area contributed by atoms with Gasteiger partial charge in [-0.1, -0.05) is 6.42 Å². The van der Waals surface area contributed by atoms with Crippen molar-refractivity contribution < 1.29 is 14.4 Å². The number of likely N-dealkylation sites (tertiary alicyclic amines) is 1. The SMILES string of the molecule is CC(C)NC(=O)[C@@H](C)NC(=O)[C@@H]1CCCN1C(=O)[C@@H](N)CCCCN. The van der Waals surface area contributed by atoms with Gasteiger partial charge in [0, 0.05) is 12.6 Å². The van der Waals surface area contributed by atoms with Gasteiger partial charge in [-0.2, -0.15) is 0 Å². The van der Waals surface area contributed by atoms with Crippen molar-refractivity contribution in [2.24, 2.45) is 11.5 Å². The fraction of sp³-hybridized carbons (Fsp3) is 0.824. The van der Waals surface area contributed by atoms with E-state index in [4.69, 9.17) is 11.5 Å². The van der Waals surface area contributed by atoms with Gasteiger partial charge in [-0.15, -0.1) is 0 Å². The second-order valence-corrected chi connectivity index (χ2v) is 6.97. The Bertz CT molecular complexity index is 469. The summed E-state index contributed by atoms with van der Waals surface area (Å²) in [4.78, 5) is 38.5. The number of nitrogens with one attached hydrogen (secondary N) is 2. The summed E-state index contributed by atoms with van der Waals surface area (Å²) in [5, 5.41) is 5.46. The van der Waals surface area contributed by atoms with Crippen LogP contribution in [0.2, 0.25) is 0 Å². The molecule has 0 spiro atoms. The Morgan fingerprint density at radius 1 is 1.16 bits per heavy atom. The molecule has 0 aromatic carbocycles. The predicted molar refractivity (Wildman–Crippen MR) is 96.5 cm³/mol. The number of carbonyl (C=O) groups excluding carboxylic acids is 3. The molecule has 1 heterocycles. The van der Waals surface area contributed by atoms with Gasteiger partial charge in [-0.3, -0.25) is 14.4 Å². The molecule has 1 rings (SSSR count). The highest BCUT2D eigenvalue weighted by Crippen LogP contribution is 2.19. The lowest BCUT2D eigenvalue weighted by Crippen LogP contribution is -2.54. The second-order valence-electron chi connectivity index (χ2n) is 6.97. The van der Waals surface area contributed by atoms with Crippen LogP contribution < -0.4 is 22.1 Å². The van der Waals surface area contributed by atoms with Gasteiger partial charge in [0.05, 0.1) is 6.04 Å². The van der Waals surface area contributed by atoms with Crippen LogP contribution in [0.15, 0.2) is 0 Å². The number of rotatable bonds is 9. The molecule has 0 aliphatic carbocycles. The first-order valence-corrected chi connectivity index (χ1v) is 9.14. The average molecular weight is 355 g/mol. The molecule has 25 heavy (non-hydrogen) atoms. The zero-order valence-electron chi connectivity index (χ0n) is 15.6. The third-order valence-electron chi connectivity index (χ3n) is 4.31. The number of hydrogen-bond donors (Lipinski definition) is 4. The number of carbonyl (C=O) groups is 3. The molecule has 8 heteroatoms. The van der Waals surface area contributed by atoms with Gasteiger partial charge in [0.15, 0.2) is 0 Å². The second kappa shape index (κ2) is 10.4. The van der Waals surface area contributed by atoms with E-state index in [-0.39, 0.29) is 23.8 Å². The molecule has 8 nitrogen and oxygen atoms in total. The van der Waals surface area contributed by atoms with E-state index >= 15 is 0 Å². The van der Waals surface area contributed by atoms with Gasteiger partial charge in [0.25, 0.3) is 0 Å². The van der Waals surface area contributed by atoms with Crippen LogP contribution >= 0.6 is 0 Å². The van der Waals surface area contributed by atoms with E-state index in [1.54, 1.807) is 11.8 Å². The zero-order chi connectivity index (χ0) is 19.0. The fourth-order valence-corrected chi connectivity index (χ4v) is 2.93. The minimum atomic E-state index is -0.648. The van der Waals surface area contributed by atoms with Gasteiger partial charge in [-0.05, 0) is 53.0 Å². The molecule has 0 aromatic rings. The average Bonchev–Trinajstić information content (AvgIpc) is 3.03. The lowest BCUT2D eigenvalue weighted by molar-refractivity contribution is -0.140. The zero-order valence-corrected chi connectivity index (χ0v) is 15.6. The summed E-state index contributed by atoms with van der Waals surface area (Å²) in [5.41, 5.74) is 11.4. The number of unbranched alkanes of at least 4 members (excludes halogenated alkanes) is 1. The molecular formula is C17H33N5O3. The van der Waals surface area contributed by atoms with Crippen LogP contribution in [0.25, 0.3) is 0 Å². The lowest BCUT2D eigenvalue weighted by atomic mass is 10.1. The van der Waals surface area contributed by atoms with E-state index in [0.717, 1.165) is 19.3 Å². The highest BCUT2D eigenvalue weighted by atomic mass is 16.2. The topological polar surface area (TPSA) is 131 Å². The predicted octanol–water partition coefficient (Wildman–Crippen LogP) is -0.537. The Hall–Kier alpha value is -1.67. The van der Waals surface area contributed by atoms with Crippen molar-refractivity contribution >= 4 is 17.7 Å². The smallest absolute Gasteiger partial charge is 0.243 e. The Morgan fingerprint density at radius 3 is 2.44 bits per heavy atom. The van der Waals surface area contributed by atoms with Crippen LogP contribution in [-0.4, -0.2) is 59.9 Å². The lowest BCUT2D eigenvalue weighted by Gasteiger charge is -2.27. The molecule has 0 unspecified atom stereocenters. The molecule has 0 aromatic heterocycles. The van der Waals surface area contributed by atoms with E-state index in [1.807, 2.05) is 13.8 Å². The minimum absolute atomic E-state index is 0.00271. The minimum Gasteiger partial charge on any atom is -0.352 e. The molecule has 6 N–H and O–H groups in total. The Balaban J connectivity index is 2.59. The fourth-order valence-electron chi connectivity index (χ4n) is 2.93. The quantitative estimate of drug-likeness (QED) is 0.413. The largest absolute Gasteiger partial charge is 0.352 e. The van der Waals surface area contributed by atoms with Crippen LogP contribution in [0.4, 0.5) is 0 Å². The normalized spacial score (nSPS) is 19.6. The first-order chi connectivity index (χ1) is 11.8. The highest BCUT2D eigenvalue weighted by Gasteiger charge is 2.36. The molecule has 3 atom stereocenters. The number of nitrogens with two attached hydrogens (primary N) is 2. The molecule has 0 saturated carbocycles. The maximum atomic E-state index is 12.5. The van der Waals surface area contributed by atoms with Gasteiger partial charge in [0.1, 0.15) is 12.1 Å². The van der Waals surface area contributed by atoms with Crippen molar-refractivity contribution in [2.75, 3.05) is 13.1 Å². The standard InChI is InChI=1S/C17H33N5O3/c1-11(2)20-15(23)12(3)21-16(24)14-8-6-10-22(14)17(25)13(19)7-4-5-9-18/h11-14H,4-10,18-19H2,1-3H3,(H,20,23)(H,21,24)/t12-,13+,14+/m1/s1. The molecule has 1 saturated heterocycles. The Kier molecular flexibility index (Phi) is 8.85. The van der Waals surface area contributed by atoms with E-state index in [2.05, 4.69) is 10.6 Å². The van der Waals surface area contributed by atoms with Gasteiger partial charge in [0.2, 0.25) is 17.7 Å². The summed E-state index contributed by atoms with van der Waals surface area (Å²) >= 11 is 0. The molecule has 1 aliphatic rings. The number of amides is 3. The van der Waals surface area contributed by atoms with Crippen molar-refractivity contribution in [1.82, 2.24) is 15.5 Å². The van der Waals surface area contributed by atoms with Crippen molar-refractivity contribution in [3.63, 3.8) is 0 Å². The third-order valence-corrected chi connectivity index (χ3v) is 4.31. The third kappa shape index (κ3) is 6.62. The first kappa shape index (κ1) is 21.4. The van der Waals surface area contributed by atoms with Crippen molar-refractivity contribution in [3.8, 4) is 0 Å². The molecule has 1 fully saturated rings. The summed E-state index contributed by atoms with van der Waals surface area (Å²) in [5.74, 6) is -0.738. The van der Waals surface area contributed by atoms with Crippen molar-refractivity contribution in [3.05, 3.63) is 0 Å². The Morgan fingerprint density at radius 2 is 1.84 bits per heavy atom. The van der Waals surface area contributed by atoms with Crippen LogP contribution in [0.5, 0.6) is 0 Å². The Labute approximate surface area is 150 Å². The molecule has 144 valence electrons. The van der Waals surface area contributed by atoms with Crippen LogP contribution in [0.1, 0.15) is 52.9 Å². The van der Waals surface area contributed by atoms with Gasteiger partial charge >= 0.3 is 0 Å². The van der Waals surface area contributed by atoms with E-state index in [1.165, 1.54) is 0 Å². The monoisotopic (exact) mass is 355 g/mol. The first-order valence-electron chi connectivity index (χ1n) is 9.14. The van der Waals surface area contributed by atoms with Crippen LogP contribution in [0.3, 0.4) is 0 Å². The van der Waals surface area contributed by atoms with Crippen molar-refractivity contribution in [1.29, 1.82) is 0 Å². The van der Waals surface area contributed by atoms with E-state index in [0.29, 0.717) is 25.9 Å². The summed E-state index contributed by atoms with van der Waals surface area (Å²) in [7, 11) is 0.